The molecule has 0 radical (unpaired) electrons. The van der Waals surface area contributed by atoms with Crippen molar-refractivity contribution < 1.29 is 23.1 Å². The highest BCUT2D eigenvalue weighted by Gasteiger charge is 2.38. The number of carboxylic acid groups (broad SMARTS) is 1. The van der Waals surface area contributed by atoms with Gasteiger partial charge in [0.15, 0.2) is 0 Å². The maximum Gasteiger partial charge on any atom is 0.490 e. The van der Waals surface area contributed by atoms with Crippen LogP contribution in [0.3, 0.4) is 0 Å². The van der Waals surface area contributed by atoms with Crippen molar-refractivity contribution in [3.63, 3.8) is 0 Å². The third kappa shape index (κ3) is 6.08. The average Bonchev–Trinajstić information content (AvgIpc) is 3.54. The van der Waals surface area contributed by atoms with E-state index in [2.05, 4.69) is 71.4 Å². The molecule has 10 heteroatoms. The third-order valence-corrected chi connectivity index (χ3v) is 6.89. The first-order valence-corrected chi connectivity index (χ1v) is 11.8. The third-order valence-electron chi connectivity index (χ3n) is 5.75. The van der Waals surface area contributed by atoms with Crippen molar-refractivity contribution in [3.05, 3.63) is 65.7 Å². The number of nitrogens with zero attached hydrogens (tertiary/aromatic N) is 2. The second kappa shape index (κ2) is 10.2. The number of nitrogens with one attached hydrogen (secondary N) is 1. The number of benzene rings is 2. The molecule has 4 N–H and O–H groups in total. The van der Waals surface area contributed by atoms with Crippen molar-refractivity contribution in [1.82, 2.24) is 14.9 Å². The number of hydrogen-bond donors (Lipinski definition) is 3. The van der Waals surface area contributed by atoms with Crippen LogP contribution in [0.5, 0.6) is 0 Å². The summed E-state index contributed by atoms with van der Waals surface area (Å²) in [7, 11) is 0. The number of carbonyl (C=O) groups is 1. The number of carboxylic acids is 1. The number of thiophene rings is 1. The topological polar surface area (TPSA) is 95.2 Å². The van der Waals surface area contributed by atoms with E-state index in [-0.39, 0.29) is 0 Å². The Morgan fingerprint density at radius 3 is 2.46 bits per heavy atom. The second-order valence-corrected chi connectivity index (χ2v) is 9.59. The minimum Gasteiger partial charge on any atom is -0.475 e. The van der Waals surface area contributed by atoms with E-state index in [0.717, 1.165) is 42.9 Å². The van der Waals surface area contributed by atoms with E-state index >= 15 is 0 Å². The molecule has 0 aliphatic carbocycles. The molecule has 0 bridgehead atoms. The number of nitrogens with two attached hydrogens (primary N) is 1. The van der Waals surface area contributed by atoms with E-state index in [1.807, 2.05) is 0 Å². The quantitative estimate of drug-likeness (QED) is 0.346. The Morgan fingerprint density at radius 2 is 1.86 bits per heavy atom. The van der Waals surface area contributed by atoms with Gasteiger partial charge in [-0.2, -0.15) is 13.2 Å². The van der Waals surface area contributed by atoms with Gasteiger partial charge in [0.05, 0.1) is 15.9 Å². The van der Waals surface area contributed by atoms with Crippen molar-refractivity contribution in [2.24, 2.45) is 5.73 Å². The van der Waals surface area contributed by atoms with Gasteiger partial charge in [0, 0.05) is 30.6 Å². The van der Waals surface area contributed by atoms with Crippen LogP contribution in [0.15, 0.2) is 54.6 Å². The molecule has 1 saturated heterocycles. The lowest BCUT2D eigenvalue weighted by atomic mass is 10.1. The maximum atomic E-state index is 10.6. The van der Waals surface area contributed by atoms with Gasteiger partial charge in [-0.3, -0.25) is 4.90 Å². The molecule has 4 aromatic rings. The average molecular weight is 503 g/mol. The first kappa shape index (κ1) is 24.9. The van der Waals surface area contributed by atoms with Gasteiger partial charge in [-0.05, 0) is 48.2 Å². The van der Waals surface area contributed by atoms with Crippen LogP contribution in [0.25, 0.3) is 32.2 Å². The van der Waals surface area contributed by atoms with E-state index in [1.165, 1.54) is 26.4 Å². The molecule has 1 aliphatic rings. The number of hydrogen-bond acceptors (Lipinski definition) is 5. The van der Waals surface area contributed by atoms with E-state index in [0.29, 0.717) is 6.04 Å². The summed E-state index contributed by atoms with van der Waals surface area (Å²) in [4.78, 5) is 22.0. The molecule has 1 atom stereocenters. The number of aromatic nitrogens is 2. The first-order valence-electron chi connectivity index (χ1n) is 11.0. The molecule has 2 aromatic carbocycles. The fraction of sp³-hybridized carbons (Fsp3) is 0.280. The first-order chi connectivity index (χ1) is 16.6. The van der Waals surface area contributed by atoms with Crippen LogP contribution in [0.4, 0.5) is 13.2 Å². The van der Waals surface area contributed by atoms with Gasteiger partial charge in [0.2, 0.25) is 0 Å². The zero-order valence-corrected chi connectivity index (χ0v) is 19.8. The number of rotatable bonds is 4. The predicted octanol–water partition coefficient (Wildman–Crippen LogP) is 5.43. The highest BCUT2D eigenvalue weighted by molar-refractivity contribution is 7.18. The van der Waals surface area contributed by atoms with E-state index in [9.17, 15) is 13.2 Å². The Labute approximate surface area is 204 Å². The number of H-pyrrole nitrogens is 1. The number of fused-ring (bicyclic) bond motifs is 1. The van der Waals surface area contributed by atoms with E-state index < -0.39 is 12.1 Å². The van der Waals surface area contributed by atoms with Gasteiger partial charge in [-0.1, -0.05) is 36.4 Å². The van der Waals surface area contributed by atoms with Crippen LogP contribution < -0.4 is 5.73 Å². The van der Waals surface area contributed by atoms with Gasteiger partial charge in [0.1, 0.15) is 5.82 Å². The van der Waals surface area contributed by atoms with Gasteiger partial charge >= 0.3 is 12.1 Å². The maximum absolute atomic E-state index is 10.6. The number of aryl methyl sites for hydroxylation is 1. The number of likely N-dealkylation sites (tertiary alicyclic amines) is 1. The van der Waals surface area contributed by atoms with Gasteiger partial charge in [-0.25, -0.2) is 9.78 Å². The second-order valence-electron chi connectivity index (χ2n) is 8.50. The van der Waals surface area contributed by atoms with Crippen molar-refractivity contribution in [3.8, 4) is 21.1 Å². The fourth-order valence-corrected chi connectivity index (χ4v) is 4.91. The zero-order valence-electron chi connectivity index (χ0n) is 19.0. The van der Waals surface area contributed by atoms with E-state index in [4.69, 9.17) is 20.6 Å². The lowest BCUT2D eigenvalue weighted by Crippen LogP contribution is -2.26. The van der Waals surface area contributed by atoms with E-state index in [1.54, 1.807) is 11.3 Å². The van der Waals surface area contributed by atoms with Crippen molar-refractivity contribution in [2.75, 3.05) is 13.1 Å². The standard InChI is InChI=1S/C23H24N4S.C2HF3O2/c1-15-3-2-4-19-22(15)26-23(25-19)21-10-9-20(28-21)17-7-5-16(6-8-17)13-27-12-11-18(24)14-27;3-2(4,5)1(6)7/h2-10,18H,11-14,24H2,1H3,(H,25,26);(H,6,7). The number of halogens is 3. The summed E-state index contributed by atoms with van der Waals surface area (Å²) in [5, 5.41) is 7.12. The molecule has 2 aromatic heterocycles. The molecular weight excluding hydrogens is 477 g/mol. The molecule has 35 heavy (non-hydrogen) atoms. The molecule has 1 aliphatic heterocycles. The van der Waals surface area contributed by atoms with Crippen molar-refractivity contribution in [1.29, 1.82) is 0 Å². The molecule has 0 amide bonds. The Bertz CT molecular complexity index is 1310. The summed E-state index contributed by atoms with van der Waals surface area (Å²) in [6.45, 7) is 5.20. The Kier molecular flexibility index (Phi) is 7.25. The molecule has 0 spiro atoms. The molecule has 1 unspecified atom stereocenters. The lowest BCUT2D eigenvalue weighted by Gasteiger charge is -2.15. The largest absolute Gasteiger partial charge is 0.490 e. The molecule has 1 fully saturated rings. The van der Waals surface area contributed by atoms with Crippen LogP contribution in [0.1, 0.15) is 17.5 Å². The zero-order chi connectivity index (χ0) is 25.2. The predicted molar refractivity (Wildman–Crippen MR) is 131 cm³/mol. The Morgan fingerprint density at radius 1 is 1.17 bits per heavy atom. The highest BCUT2D eigenvalue weighted by Crippen LogP contribution is 2.34. The van der Waals surface area contributed by atoms with Crippen LogP contribution in [0, 0.1) is 6.92 Å². The molecule has 184 valence electrons. The lowest BCUT2D eigenvalue weighted by molar-refractivity contribution is -0.192. The monoisotopic (exact) mass is 502 g/mol. The molecular formula is C25H25F3N4O2S. The highest BCUT2D eigenvalue weighted by atomic mass is 32.1. The minimum absolute atomic E-state index is 0.339. The summed E-state index contributed by atoms with van der Waals surface area (Å²) in [5.74, 6) is -1.81. The molecule has 6 nitrogen and oxygen atoms in total. The van der Waals surface area contributed by atoms with Crippen LogP contribution >= 0.6 is 11.3 Å². The molecule has 3 heterocycles. The summed E-state index contributed by atoms with van der Waals surface area (Å²) < 4.78 is 31.7. The van der Waals surface area contributed by atoms with Gasteiger partial charge in [0.25, 0.3) is 0 Å². The number of para-hydroxylation sites is 1. The molecule has 0 saturated carbocycles. The summed E-state index contributed by atoms with van der Waals surface area (Å²) in [5.41, 5.74) is 12.0. The van der Waals surface area contributed by atoms with Gasteiger partial charge < -0.3 is 15.8 Å². The smallest absolute Gasteiger partial charge is 0.475 e. The SMILES string of the molecule is Cc1cccc2[nH]c(-c3ccc(-c4ccc(CN5CCC(N)C5)cc4)s3)nc12.O=C(O)C(F)(F)F. The molecule has 5 rings (SSSR count). The van der Waals surface area contributed by atoms with Crippen molar-refractivity contribution >= 4 is 28.3 Å². The number of aromatic amines is 1. The normalized spacial score (nSPS) is 16.3. The Hall–Kier alpha value is -3.21. The minimum atomic E-state index is -5.08. The summed E-state index contributed by atoms with van der Waals surface area (Å²) in [6.07, 6.45) is -3.97. The van der Waals surface area contributed by atoms with Crippen LogP contribution in [-0.4, -0.2) is 51.3 Å². The summed E-state index contributed by atoms with van der Waals surface area (Å²) >= 11 is 1.78. The fourth-order valence-electron chi connectivity index (χ4n) is 3.95. The summed E-state index contributed by atoms with van der Waals surface area (Å²) in [6, 6.07) is 19.9. The number of aliphatic carboxylic acids is 1. The van der Waals surface area contributed by atoms with Crippen LogP contribution in [0.2, 0.25) is 0 Å². The van der Waals surface area contributed by atoms with Crippen LogP contribution in [-0.2, 0) is 11.3 Å². The van der Waals surface area contributed by atoms with Gasteiger partial charge in [-0.15, -0.1) is 11.3 Å². The number of alkyl halides is 3. The number of imidazole rings is 1. The van der Waals surface area contributed by atoms with Crippen molar-refractivity contribution in [2.45, 2.75) is 32.1 Å². The Balaban J connectivity index is 0.000000364.